The van der Waals surface area contributed by atoms with Crippen LogP contribution in [0.15, 0.2) is 30.5 Å². The molecule has 0 spiro atoms. The van der Waals surface area contributed by atoms with Gasteiger partial charge in [-0.05, 0) is 18.2 Å². The van der Waals surface area contributed by atoms with E-state index in [2.05, 4.69) is 26.9 Å². The minimum absolute atomic E-state index is 0.0270. The van der Waals surface area contributed by atoms with Gasteiger partial charge in [-0.15, -0.1) is 0 Å². The average molecular weight is 442 g/mol. The number of morpholine rings is 1. The van der Waals surface area contributed by atoms with Crippen molar-refractivity contribution in [2.24, 2.45) is 0 Å². The molecule has 3 aromatic rings. The molecule has 3 heterocycles. The lowest BCUT2D eigenvalue weighted by Crippen LogP contribution is -2.41. The van der Waals surface area contributed by atoms with E-state index in [9.17, 15) is 18.7 Å². The molecule has 166 valence electrons. The second kappa shape index (κ2) is 8.86. The number of nitrogens with two attached hydrogens (primary N) is 1. The maximum Gasteiger partial charge on any atom is 0.275 e. The first-order chi connectivity index (χ1) is 15.4. The Labute approximate surface area is 181 Å². The molecule has 0 bridgehead atoms. The summed E-state index contributed by atoms with van der Waals surface area (Å²) >= 11 is 0. The van der Waals surface area contributed by atoms with Crippen LogP contribution in [-0.4, -0.2) is 80.9 Å². The van der Waals surface area contributed by atoms with Crippen LogP contribution >= 0.6 is 0 Å². The molecule has 1 amide bonds. The number of rotatable bonds is 4. The molecule has 3 N–H and O–H groups in total. The topological polar surface area (TPSA) is 119 Å². The molecule has 9 nitrogen and oxygen atoms in total. The highest BCUT2D eigenvalue weighted by atomic mass is 19.1. The van der Waals surface area contributed by atoms with Gasteiger partial charge in [0.1, 0.15) is 13.3 Å². The van der Waals surface area contributed by atoms with Gasteiger partial charge in [-0.1, -0.05) is 11.8 Å². The summed E-state index contributed by atoms with van der Waals surface area (Å²) in [4.78, 5) is 22.8. The monoisotopic (exact) mass is 442 g/mol. The van der Waals surface area contributed by atoms with Crippen LogP contribution in [-0.2, 0) is 4.74 Å². The molecule has 1 saturated heterocycles. The van der Waals surface area contributed by atoms with Crippen molar-refractivity contribution in [3.05, 3.63) is 41.7 Å². The molecule has 2 aromatic heterocycles. The Balaban J connectivity index is 1.84. The van der Waals surface area contributed by atoms with Crippen molar-refractivity contribution >= 4 is 22.8 Å². The second-order valence-electron chi connectivity index (χ2n) is 7.22. The second-order valence-corrected chi connectivity index (χ2v) is 7.22. The summed E-state index contributed by atoms with van der Waals surface area (Å²) in [5.41, 5.74) is 4.40. The fourth-order valence-corrected chi connectivity index (χ4v) is 3.21. The van der Waals surface area contributed by atoms with Gasteiger partial charge in [0.2, 0.25) is 5.95 Å². The molecular weight excluding hydrogens is 422 g/mol. The highest BCUT2D eigenvalue weighted by Gasteiger charge is 2.26. The van der Waals surface area contributed by atoms with E-state index in [1.54, 1.807) is 29.2 Å². The van der Waals surface area contributed by atoms with E-state index in [0.717, 1.165) is 0 Å². The van der Waals surface area contributed by atoms with Gasteiger partial charge in [0.05, 0.1) is 18.7 Å². The number of aromatic nitrogens is 4. The number of fused-ring (bicyclic) bond motifs is 1. The number of halogens is 2. The number of carbonyl (C=O) groups is 1. The summed E-state index contributed by atoms with van der Waals surface area (Å²) in [6.07, 6.45) is 1.46. The van der Waals surface area contributed by atoms with Crippen molar-refractivity contribution in [3.8, 4) is 17.7 Å². The third kappa shape index (κ3) is 4.23. The van der Waals surface area contributed by atoms with E-state index < -0.39 is 19.0 Å². The highest BCUT2D eigenvalue weighted by Crippen LogP contribution is 2.24. The minimum atomic E-state index is -2.37. The molecule has 11 heteroatoms. The van der Waals surface area contributed by atoms with Gasteiger partial charge < -0.3 is 20.5 Å². The van der Waals surface area contributed by atoms with E-state index in [1.807, 2.05) is 0 Å². The quantitative estimate of drug-likeness (QED) is 0.576. The molecule has 1 aromatic carbocycles. The van der Waals surface area contributed by atoms with Crippen molar-refractivity contribution in [1.82, 2.24) is 24.6 Å². The predicted octanol–water partition coefficient (Wildman–Crippen LogP) is 0.892. The zero-order chi connectivity index (χ0) is 22.7. The van der Waals surface area contributed by atoms with Crippen LogP contribution in [0.5, 0.6) is 0 Å². The standard InChI is InChI=1S/C21H20F2N6O3/c22-12-21(31,13-23)5-3-14-1-2-15-16(11-14)29(17-4-6-25-20(24)26-17)27-18(15)19(30)28-7-9-32-10-8-28/h1-2,4,6,11,31H,7-10,12-13H2,(H2,24,25,26). The Kier molecular flexibility index (Phi) is 5.98. The zero-order valence-corrected chi connectivity index (χ0v) is 17.0. The van der Waals surface area contributed by atoms with Gasteiger partial charge in [0.15, 0.2) is 17.1 Å². The summed E-state index contributed by atoms with van der Waals surface area (Å²) in [6, 6.07) is 6.41. The number of carbonyl (C=O) groups excluding carboxylic acids is 1. The number of amides is 1. The van der Waals surface area contributed by atoms with E-state index in [4.69, 9.17) is 10.5 Å². The maximum absolute atomic E-state index is 13.1. The number of nitrogen functional groups attached to an aromatic ring is 1. The Morgan fingerprint density at radius 3 is 2.69 bits per heavy atom. The molecule has 32 heavy (non-hydrogen) atoms. The summed E-state index contributed by atoms with van der Waals surface area (Å²) in [7, 11) is 0. The van der Waals surface area contributed by atoms with Gasteiger partial charge in [0.25, 0.3) is 5.91 Å². The Morgan fingerprint density at radius 2 is 2.00 bits per heavy atom. The fourth-order valence-electron chi connectivity index (χ4n) is 3.21. The number of nitrogens with zero attached hydrogens (tertiary/aromatic N) is 5. The first kappa shape index (κ1) is 21.6. The van der Waals surface area contributed by atoms with Crippen LogP contribution in [0.4, 0.5) is 14.7 Å². The molecule has 1 aliphatic heterocycles. The van der Waals surface area contributed by atoms with Gasteiger partial charge in [-0.25, -0.2) is 18.4 Å². The van der Waals surface area contributed by atoms with Crippen LogP contribution in [0.2, 0.25) is 0 Å². The zero-order valence-electron chi connectivity index (χ0n) is 17.0. The molecule has 1 fully saturated rings. The van der Waals surface area contributed by atoms with Crippen LogP contribution in [0.3, 0.4) is 0 Å². The predicted molar refractivity (Wildman–Crippen MR) is 112 cm³/mol. The van der Waals surface area contributed by atoms with Crippen LogP contribution in [0, 0.1) is 11.8 Å². The lowest BCUT2D eigenvalue weighted by Gasteiger charge is -2.26. The van der Waals surface area contributed by atoms with Crippen molar-refractivity contribution in [2.75, 3.05) is 45.4 Å². The smallest absolute Gasteiger partial charge is 0.275 e. The van der Waals surface area contributed by atoms with E-state index in [0.29, 0.717) is 48.6 Å². The van der Waals surface area contributed by atoms with Gasteiger partial charge in [-0.3, -0.25) is 4.79 Å². The first-order valence-corrected chi connectivity index (χ1v) is 9.80. The average Bonchev–Trinajstić information content (AvgIpc) is 3.21. The van der Waals surface area contributed by atoms with E-state index in [-0.39, 0.29) is 17.5 Å². The Hall–Kier alpha value is -3.62. The summed E-state index contributed by atoms with van der Waals surface area (Å²) in [5.74, 6) is 4.89. The number of anilines is 1. The number of alkyl halides is 2. The molecule has 0 atom stereocenters. The summed E-state index contributed by atoms with van der Waals surface area (Å²) in [5, 5.41) is 14.8. The largest absolute Gasteiger partial charge is 0.378 e. The third-order valence-electron chi connectivity index (χ3n) is 4.94. The van der Waals surface area contributed by atoms with Gasteiger partial charge in [0, 0.05) is 36.3 Å². The number of benzene rings is 1. The highest BCUT2D eigenvalue weighted by molar-refractivity contribution is 6.05. The third-order valence-corrected chi connectivity index (χ3v) is 4.94. The molecular formula is C21H20F2N6O3. The van der Waals surface area contributed by atoms with Gasteiger partial charge >= 0.3 is 0 Å². The first-order valence-electron chi connectivity index (χ1n) is 9.80. The van der Waals surface area contributed by atoms with E-state index in [1.165, 1.54) is 10.9 Å². The lowest BCUT2D eigenvalue weighted by molar-refractivity contribution is 0.0300. The molecule has 0 saturated carbocycles. The van der Waals surface area contributed by atoms with Crippen molar-refractivity contribution in [3.63, 3.8) is 0 Å². The summed E-state index contributed by atoms with van der Waals surface area (Å²) in [6.45, 7) is -0.897. The van der Waals surface area contributed by atoms with Crippen molar-refractivity contribution in [1.29, 1.82) is 0 Å². The van der Waals surface area contributed by atoms with Crippen LogP contribution in [0.1, 0.15) is 16.1 Å². The summed E-state index contributed by atoms with van der Waals surface area (Å²) < 4.78 is 32.6. The fraction of sp³-hybridized carbons (Fsp3) is 0.333. The Morgan fingerprint density at radius 1 is 1.25 bits per heavy atom. The number of hydrogen-bond acceptors (Lipinski definition) is 7. The van der Waals surface area contributed by atoms with E-state index >= 15 is 0 Å². The number of hydrogen-bond donors (Lipinski definition) is 2. The van der Waals surface area contributed by atoms with Crippen molar-refractivity contribution < 1.29 is 23.4 Å². The van der Waals surface area contributed by atoms with Crippen molar-refractivity contribution in [2.45, 2.75) is 5.60 Å². The van der Waals surface area contributed by atoms with Gasteiger partial charge in [-0.2, -0.15) is 10.1 Å². The van der Waals surface area contributed by atoms with Crippen LogP contribution < -0.4 is 5.73 Å². The minimum Gasteiger partial charge on any atom is -0.378 e. The molecule has 0 aliphatic carbocycles. The maximum atomic E-state index is 13.1. The molecule has 0 radical (unpaired) electrons. The number of aliphatic hydroxyl groups is 1. The SMILES string of the molecule is Nc1nccc(-n2nc(C(=O)N3CCOCC3)c3ccc(C#CC(O)(CF)CF)cc32)n1. The lowest BCUT2D eigenvalue weighted by atomic mass is 10.1. The molecule has 4 rings (SSSR count). The normalized spacial score (nSPS) is 14.3. The molecule has 0 unspecified atom stereocenters. The van der Waals surface area contributed by atoms with Crippen LogP contribution in [0.25, 0.3) is 16.7 Å². The number of ether oxygens (including phenoxy) is 1. The Bertz CT molecular complexity index is 1210. The molecule has 1 aliphatic rings.